The predicted molar refractivity (Wildman–Crippen MR) is 211 cm³/mol. The quantitative estimate of drug-likeness (QED) is 0.170. The molecule has 50 heavy (non-hydrogen) atoms. The first kappa shape index (κ1) is 28.6. The van der Waals surface area contributed by atoms with Crippen molar-refractivity contribution in [2.24, 2.45) is 0 Å². The third-order valence-electron chi connectivity index (χ3n) is 10.7. The van der Waals surface area contributed by atoms with E-state index in [2.05, 4.69) is 205 Å². The summed E-state index contributed by atoms with van der Waals surface area (Å²) in [6.45, 7) is 0. The molecule has 1 aliphatic carbocycles. The summed E-state index contributed by atoms with van der Waals surface area (Å²) in [5.74, 6) is 0. The van der Waals surface area contributed by atoms with Gasteiger partial charge in [-0.1, -0.05) is 170 Å². The number of hydrogen-bond acceptors (Lipinski definition) is 1. The van der Waals surface area contributed by atoms with Gasteiger partial charge in [0, 0.05) is 16.8 Å². The molecule has 0 amide bonds. The van der Waals surface area contributed by atoms with Gasteiger partial charge in [-0.25, -0.2) is 0 Å². The Morgan fingerprint density at radius 3 is 1.62 bits per heavy atom. The Morgan fingerprint density at radius 1 is 0.320 bits per heavy atom. The van der Waals surface area contributed by atoms with E-state index in [0.717, 1.165) is 17.1 Å². The third kappa shape index (κ3) is 4.20. The Hall–Kier alpha value is -6.44. The van der Waals surface area contributed by atoms with Crippen LogP contribution in [0.25, 0.3) is 43.4 Å². The molecule has 0 spiro atoms. The van der Waals surface area contributed by atoms with Gasteiger partial charge in [0.05, 0.1) is 11.1 Å². The second-order valence-corrected chi connectivity index (χ2v) is 13.3. The Kier molecular flexibility index (Phi) is 6.47. The molecule has 0 atom stereocenters. The molecule has 10 rings (SSSR count). The van der Waals surface area contributed by atoms with E-state index in [1.54, 1.807) is 0 Å². The highest BCUT2D eigenvalue weighted by atomic mass is 15.1. The minimum absolute atomic E-state index is 0.481. The van der Waals surface area contributed by atoms with Gasteiger partial charge in [-0.3, -0.25) is 0 Å². The fraction of sp³-hybridized carbons (Fsp3) is 0.0204. The van der Waals surface area contributed by atoms with Gasteiger partial charge in [0.15, 0.2) is 0 Å². The molecule has 0 unspecified atom stereocenters. The summed E-state index contributed by atoms with van der Waals surface area (Å²) in [5, 5.41) is 7.42. The number of rotatable bonds is 5. The van der Waals surface area contributed by atoms with Crippen LogP contribution in [0.3, 0.4) is 0 Å². The highest BCUT2D eigenvalue weighted by molar-refractivity contribution is 6.14. The molecular formula is C49H33N. The second-order valence-electron chi connectivity index (χ2n) is 13.3. The largest absolute Gasteiger partial charge is 0.310 e. The lowest BCUT2D eigenvalue weighted by Gasteiger charge is -2.35. The van der Waals surface area contributed by atoms with Crippen molar-refractivity contribution in [3.8, 4) is 11.1 Å². The summed E-state index contributed by atoms with van der Waals surface area (Å²) in [5.41, 5.74) is 10.6. The average Bonchev–Trinajstić information content (AvgIpc) is 3.49. The molecule has 234 valence electrons. The van der Waals surface area contributed by atoms with E-state index >= 15 is 0 Å². The van der Waals surface area contributed by atoms with Gasteiger partial charge >= 0.3 is 0 Å². The van der Waals surface area contributed by atoms with Gasteiger partial charge in [0.1, 0.15) is 0 Å². The fourth-order valence-electron chi connectivity index (χ4n) is 8.53. The molecule has 0 fully saturated rings. The van der Waals surface area contributed by atoms with Crippen molar-refractivity contribution in [3.63, 3.8) is 0 Å². The zero-order valence-corrected chi connectivity index (χ0v) is 27.5. The Balaban J connectivity index is 1.31. The molecule has 0 radical (unpaired) electrons. The van der Waals surface area contributed by atoms with Gasteiger partial charge in [-0.15, -0.1) is 0 Å². The molecule has 0 N–H and O–H groups in total. The zero-order chi connectivity index (χ0) is 33.1. The van der Waals surface area contributed by atoms with Crippen molar-refractivity contribution in [1.82, 2.24) is 0 Å². The van der Waals surface area contributed by atoms with Crippen LogP contribution >= 0.6 is 0 Å². The molecule has 0 bridgehead atoms. The number of nitrogens with zero attached hydrogens (tertiary/aromatic N) is 1. The maximum absolute atomic E-state index is 2.48. The van der Waals surface area contributed by atoms with Crippen LogP contribution in [0.1, 0.15) is 22.3 Å². The van der Waals surface area contributed by atoms with Crippen molar-refractivity contribution in [3.05, 3.63) is 222 Å². The van der Waals surface area contributed by atoms with Gasteiger partial charge in [-0.05, 0) is 90.6 Å². The Morgan fingerprint density at radius 2 is 0.860 bits per heavy atom. The summed E-state index contributed by atoms with van der Waals surface area (Å²) in [7, 11) is 0. The average molecular weight is 636 g/mol. The van der Waals surface area contributed by atoms with E-state index in [1.165, 1.54) is 65.7 Å². The van der Waals surface area contributed by atoms with Crippen molar-refractivity contribution >= 4 is 49.4 Å². The third-order valence-corrected chi connectivity index (χ3v) is 10.7. The van der Waals surface area contributed by atoms with E-state index in [4.69, 9.17) is 0 Å². The number of benzene rings is 9. The molecule has 1 heteroatoms. The van der Waals surface area contributed by atoms with E-state index in [0.29, 0.717) is 0 Å². The monoisotopic (exact) mass is 635 g/mol. The molecule has 9 aromatic carbocycles. The van der Waals surface area contributed by atoms with Gasteiger partial charge < -0.3 is 4.90 Å². The summed E-state index contributed by atoms with van der Waals surface area (Å²) in [6.07, 6.45) is 0. The van der Waals surface area contributed by atoms with E-state index in [-0.39, 0.29) is 0 Å². The van der Waals surface area contributed by atoms with Crippen molar-refractivity contribution < 1.29 is 0 Å². The molecule has 0 saturated carbocycles. The Labute approximate surface area is 292 Å². The van der Waals surface area contributed by atoms with Gasteiger partial charge in [0.2, 0.25) is 0 Å². The van der Waals surface area contributed by atoms with Crippen LogP contribution < -0.4 is 4.90 Å². The first-order valence-electron chi connectivity index (χ1n) is 17.4. The zero-order valence-electron chi connectivity index (χ0n) is 27.5. The smallest absolute Gasteiger partial charge is 0.0714 e. The lowest BCUT2D eigenvalue weighted by molar-refractivity contribution is 0.768. The van der Waals surface area contributed by atoms with Crippen LogP contribution in [0.15, 0.2) is 200 Å². The van der Waals surface area contributed by atoms with Crippen LogP contribution in [0, 0.1) is 0 Å². The van der Waals surface area contributed by atoms with Crippen LogP contribution in [0.5, 0.6) is 0 Å². The summed E-state index contributed by atoms with van der Waals surface area (Å²) in [4.78, 5) is 2.48. The Bertz CT molecular complexity index is 2670. The van der Waals surface area contributed by atoms with Crippen molar-refractivity contribution in [1.29, 1.82) is 0 Å². The summed E-state index contributed by atoms with van der Waals surface area (Å²) < 4.78 is 0. The summed E-state index contributed by atoms with van der Waals surface area (Å²) in [6, 6.07) is 73.7. The van der Waals surface area contributed by atoms with Crippen LogP contribution in [-0.4, -0.2) is 0 Å². The molecular weight excluding hydrogens is 603 g/mol. The minimum atomic E-state index is -0.481. The second kappa shape index (κ2) is 11.3. The SMILES string of the molecule is c1ccc(C2(c3ccccc3)c3ccccc3-c3ccc(N(c4ccc5ccccc5c4)c4cc5ccccc5c5ccccc45)cc32)cc1. The van der Waals surface area contributed by atoms with E-state index < -0.39 is 5.41 Å². The number of fused-ring (bicyclic) bond motifs is 7. The van der Waals surface area contributed by atoms with Gasteiger partial charge in [0.25, 0.3) is 0 Å². The van der Waals surface area contributed by atoms with Crippen molar-refractivity contribution in [2.75, 3.05) is 4.90 Å². The number of hydrogen-bond donors (Lipinski definition) is 0. The minimum Gasteiger partial charge on any atom is -0.310 e. The first-order chi connectivity index (χ1) is 24.8. The van der Waals surface area contributed by atoms with Crippen LogP contribution in [0.4, 0.5) is 17.1 Å². The predicted octanol–water partition coefficient (Wildman–Crippen LogP) is 13.0. The summed E-state index contributed by atoms with van der Waals surface area (Å²) >= 11 is 0. The van der Waals surface area contributed by atoms with Crippen LogP contribution in [0.2, 0.25) is 0 Å². The lowest BCUT2D eigenvalue weighted by atomic mass is 9.67. The number of anilines is 3. The maximum Gasteiger partial charge on any atom is 0.0714 e. The maximum atomic E-state index is 2.48. The fourth-order valence-corrected chi connectivity index (χ4v) is 8.53. The lowest BCUT2D eigenvalue weighted by Crippen LogP contribution is -2.28. The normalized spacial score (nSPS) is 13.0. The molecule has 1 aliphatic rings. The first-order valence-corrected chi connectivity index (χ1v) is 17.4. The highest BCUT2D eigenvalue weighted by Gasteiger charge is 2.46. The molecule has 0 heterocycles. The van der Waals surface area contributed by atoms with Crippen molar-refractivity contribution in [2.45, 2.75) is 5.41 Å². The van der Waals surface area contributed by atoms with E-state index in [1.807, 2.05) is 0 Å². The highest BCUT2D eigenvalue weighted by Crippen LogP contribution is 2.57. The molecule has 9 aromatic rings. The van der Waals surface area contributed by atoms with Crippen LogP contribution in [-0.2, 0) is 5.41 Å². The molecule has 0 aliphatic heterocycles. The van der Waals surface area contributed by atoms with Gasteiger partial charge in [-0.2, -0.15) is 0 Å². The molecule has 1 nitrogen and oxygen atoms in total. The van der Waals surface area contributed by atoms with E-state index in [9.17, 15) is 0 Å². The standard InChI is InChI=1S/C49H33N/c1-3-18-37(19-4-1)49(38-20-5-2-6-21-38)46-26-14-13-24-43(46)44-30-29-40(33-47(44)49)50(39-28-27-34-15-7-8-16-35(34)31-39)48-32-36-17-9-10-22-41(36)42-23-11-12-25-45(42)48/h1-33H. The molecule has 0 saturated heterocycles. The molecule has 0 aromatic heterocycles. The topological polar surface area (TPSA) is 3.24 Å².